The van der Waals surface area contributed by atoms with Gasteiger partial charge in [-0.15, -0.1) is 0 Å². The molecule has 0 heterocycles. The molecule has 0 aliphatic heterocycles. The quantitative estimate of drug-likeness (QED) is 0.653. The van der Waals surface area contributed by atoms with Crippen molar-refractivity contribution in [3.05, 3.63) is 70.8 Å². The summed E-state index contributed by atoms with van der Waals surface area (Å²) in [6.45, 7) is 4.40. The number of fused-ring (bicyclic) bond motifs is 1. The fourth-order valence-corrected chi connectivity index (χ4v) is 2.87. The van der Waals surface area contributed by atoms with E-state index in [9.17, 15) is 4.79 Å². The molecule has 1 heteroatoms. The molecule has 0 unspecified atom stereocenters. The highest BCUT2D eigenvalue weighted by atomic mass is 16.1. The predicted molar refractivity (Wildman–Crippen MR) is 85.5 cm³/mol. The molecule has 0 saturated carbocycles. The van der Waals surface area contributed by atoms with Crippen LogP contribution in [0.4, 0.5) is 0 Å². The molecule has 1 nitrogen and oxygen atoms in total. The highest BCUT2D eigenvalue weighted by Crippen LogP contribution is 2.37. The molecule has 0 spiro atoms. The van der Waals surface area contributed by atoms with Crippen LogP contribution in [0.5, 0.6) is 0 Å². The minimum atomic E-state index is 0.0493. The second kappa shape index (κ2) is 5.22. The highest BCUT2D eigenvalue weighted by molar-refractivity contribution is 6.01. The van der Waals surface area contributed by atoms with Gasteiger partial charge in [-0.25, -0.2) is 0 Å². The number of carbonyl (C=O) groups excluding carboxylic acids is 1. The summed E-state index contributed by atoms with van der Waals surface area (Å²) in [5.41, 5.74) is 3.84. The van der Waals surface area contributed by atoms with Crippen LogP contribution in [-0.4, -0.2) is 5.78 Å². The van der Waals surface area contributed by atoms with Crippen LogP contribution in [0.15, 0.2) is 48.5 Å². The molecule has 0 atom stereocenters. The van der Waals surface area contributed by atoms with Crippen LogP contribution in [0.1, 0.15) is 53.7 Å². The molecule has 0 saturated heterocycles. The van der Waals surface area contributed by atoms with Crippen molar-refractivity contribution in [3.63, 3.8) is 0 Å². The summed E-state index contributed by atoms with van der Waals surface area (Å²) >= 11 is 0. The van der Waals surface area contributed by atoms with Crippen molar-refractivity contribution in [3.8, 4) is 11.8 Å². The first-order valence-electron chi connectivity index (χ1n) is 7.32. The van der Waals surface area contributed by atoms with Crippen LogP contribution in [0.2, 0.25) is 0 Å². The second-order valence-corrected chi connectivity index (χ2v) is 6.15. The van der Waals surface area contributed by atoms with Crippen LogP contribution in [0, 0.1) is 11.8 Å². The average molecular weight is 274 g/mol. The predicted octanol–water partition coefficient (Wildman–Crippen LogP) is 4.34. The maximum absolute atomic E-state index is 12.3. The lowest BCUT2D eigenvalue weighted by Crippen LogP contribution is -2.28. The third-order valence-corrected chi connectivity index (χ3v) is 4.16. The summed E-state index contributed by atoms with van der Waals surface area (Å²) in [6.07, 6.45) is 1.53. The normalized spacial score (nSPS) is 15.8. The van der Waals surface area contributed by atoms with Crippen molar-refractivity contribution >= 4 is 5.78 Å². The van der Waals surface area contributed by atoms with E-state index in [1.807, 2.05) is 42.5 Å². The van der Waals surface area contributed by atoms with E-state index < -0.39 is 0 Å². The molecule has 0 N–H and O–H groups in total. The first kappa shape index (κ1) is 13.6. The Labute approximate surface area is 126 Å². The zero-order valence-corrected chi connectivity index (χ0v) is 12.4. The van der Waals surface area contributed by atoms with E-state index in [4.69, 9.17) is 0 Å². The number of benzene rings is 2. The molecule has 0 bridgehead atoms. The van der Waals surface area contributed by atoms with Gasteiger partial charge in [0.15, 0.2) is 5.78 Å². The lowest BCUT2D eigenvalue weighted by molar-refractivity contribution is 0.0956. The fourth-order valence-electron chi connectivity index (χ4n) is 2.87. The van der Waals surface area contributed by atoms with Gasteiger partial charge in [0, 0.05) is 23.1 Å². The van der Waals surface area contributed by atoms with E-state index >= 15 is 0 Å². The maximum atomic E-state index is 12.3. The smallest absolute Gasteiger partial charge is 0.164 e. The number of hydrogen-bond donors (Lipinski definition) is 0. The van der Waals surface area contributed by atoms with Gasteiger partial charge in [0.25, 0.3) is 0 Å². The Morgan fingerprint density at radius 1 is 0.952 bits per heavy atom. The number of carbonyl (C=O) groups is 1. The molecule has 0 amide bonds. The number of rotatable bonds is 0. The Bertz CT molecular complexity index is 742. The Kier molecular flexibility index (Phi) is 3.39. The average Bonchev–Trinajstić information content (AvgIpc) is 2.50. The Morgan fingerprint density at radius 3 is 2.48 bits per heavy atom. The van der Waals surface area contributed by atoms with Gasteiger partial charge in [-0.2, -0.15) is 0 Å². The molecule has 104 valence electrons. The Morgan fingerprint density at radius 2 is 1.71 bits per heavy atom. The summed E-state index contributed by atoms with van der Waals surface area (Å²) < 4.78 is 0. The molecule has 0 radical (unpaired) electrons. The van der Waals surface area contributed by atoms with Crippen molar-refractivity contribution in [2.45, 2.75) is 32.1 Å². The van der Waals surface area contributed by atoms with E-state index in [1.54, 1.807) is 0 Å². The number of ketones is 1. The number of hydrogen-bond acceptors (Lipinski definition) is 1. The SMILES string of the molecule is CC1(C)CCC(=O)c2c(C#Cc3ccccc3)cccc21. The standard InChI is InChI=1S/C20H18O/c1-20(2)14-13-18(21)19-16(9-6-10-17(19)20)12-11-15-7-4-3-5-8-15/h3-10H,13-14H2,1-2H3. The van der Waals surface area contributed by atoms with Gasteiger partial charge in [0.2, 0.25) is 0 Å². The van der Waals surface area contributed by atoms with Crippen LogP contribution in [-0.2, 0) is 5.41 Å². The zero-order chi connectivity index (χ0) is 14.9. The molecular formula is C20H18O. The van der Waals surface area contributed by atoms with Gasteiger partial charge < -0.3 is 0 Å². The van der Waals surface area contributed by atoms with Crippen LogP contribution in [0.3, 0.4) is 0 Å². The van der Waals surface area contributed by atoms with Crippen molar-refractivity contribution in [1.82, 2.24) is 0 Å². The summed E-state index contributed by atoms with van der Waals surface area (Å²) in [6, 6.07) is 15.9. The first-order chi connectivity index (χ1) is 10.1. The molecule has 21 heavy (non-hydrogen) atoms. The van der Waals surface area contributed by atoms with Crippen LogP contribution < -0.4 is 0 Å². The molecule has 1 aliphatic rings. The largest absolute Gasteiger partial charge is 0.294 e. The fraction of sp³-hybridized carbons (Fsp3) is 0.250. The minimum Gasteiger partial charge on any atom is -0.294 e. The minimum absolute atomic E-state index is 0.0493. The van der Waals surface area contributed by atoms with Gasteiger partial charge in [-0.1, -0.05) is 56.0 Å². The third kappa shape index (κ3) is 2.62. The van der Waals surface area contributed by atoms with Gasteiger partial charge >= 0.3 is 0 Å². The van der Waals surface area contributed by atoms with Crippen LogP contribution >= 0.6 is 0 Å². The third-order valence-electron chi connectivity index (χ3n) is 4.16. The number of Topliss-reactive ketones (excluding diaryl/α,β-unsaturated/α-hetero) is 1. The molecule has 2 aromatic rings. The summed E-state index contributed by atoms with van der Waals surface area (Å²) in [5, 5.41) is 0. The lowest BCUT2D eigenvalue weighted by Gasteiger charge is -2.32. The summed E-state index contributed by atoms with van der Waals surface area (Å²) in [4.78, 5) is 12.3. The van der Waals surface area contributed by atoms with Crippen molar-refractivity contribution < 1.29 is 4.79 Å². The van der Waals surface area contributed by atoms with Crippen molar-refractivity contribution in [1.29, 1.82) is 0 Å². The molecule has 0 aromatic heterocycles. The maximum Gasteiger partial charge on any atom is 0.164 e. The lowest BCUT2D eigenvalue weighted by atomic mass is 9.71. The Balaban J connectivity index is 2.10. The highest BCUT2D eigenvalue weighted by Gasteiger charge is 2.32. The van der Waals surface area contributed by atoms with Crippen molar-refractivity contribution in [2.24, 2.45) is 0 Å². The van der Waals surface area contributed by atoms with E-state index in [1.165, 1.54) is 0 Å². The van der Waals surface area contributed by atoms with Crippen molar-refractivity contribution in [2.75, 3.05) is 0 Å². The van der Waals surface area contributed by atoms with E-state index in [0.29, 0.717) is 6.42 Å². The van der Waals surface area contributed by atoms with E-state index in [0.717, 1.165) is 28.7 Å². The topological polar surface area (TPSA) is 17.1 Å². The molecule has 1 aliphatic carbocycles. The van der Waals surface area contributed by atoms with Gasteiger partial charge in [0.1, 0.15) is 0 Å². The van der Waals surface area contributed by atoms with Gasteiger partial charge in [-0.3, -0.25) is 4.79 Å². The van der Waals surface area contributed by atoms with Crippen LogP contribution in [0.25, 0.3) is 0 Å². The molecule has 0 fully saturated rings. The zero-order valence-electron chi connectivity index (χ0n) is 12.4. The molecular weight excluding hydrogens is 256 g/mol. The summed E-state index contributed by atoms with van der Waals surface area (Å²) in [5.74, 6) is 6.57. The molecule has 2 aromatic carbocycles. The van der Waals surface area contributed by atoms with Gasteiger partial charge in [0.05, 0.1) is 0 Å². The van der Waals surface area contributed by atoms with Gasteiger partial charge in [-0.05, 0) is 35.6 Å². The monoisotopic (exact) mass is 274 g/mol. The molecule has 3 rings (SSSR count). The summed E-state index contributed by atoms with van der Waals surface area (Å²) in [7, 11) is 0. The Hall–Kier alpha value is -2.33. The first-order valence-corrected chi connectivity index (χ1v) is 7.32. The van der Waals surface area contributed by atoms with E-state index in [2.05, 4.69) is 31.8 Å². The van der Waals surface area contributed by atoms with E-state index in [-0.39, 0.29) is 11.2 Å². The second-order valence-electron chi connectivity index (χ2n) is 6.15.